The average molecular weight is 355 g/mol. The lowest BCUT2D eigenvalue weighted by Crippen LogP contribution is -2.47. The lowest BCUT2D eigenvalue weighted by Gasteiger charge is -2.33. The Morgan fingerprint density at radius 2 is 1.64 bits per heavy atom. The number of nitrogens with zero attached hydrogens (tertiary/aromatic N) is 1. The van der Waals surface area contributed by atoms with E-state index < -0.39 is 17.2 Å². The van der Waals surface area contributed by atoms with Crippen molar-refractivity contribution in [3.63, 3.8) is 0 Å². The number of ether oxygens (including phenoxy) is 1. The SMILES string of the molecule is CNC(=O)C1CCN(C(=O)CCC(C)(C)NC(=O)OC(C)(C)C)CC1. The van der Waals surface area contributed by atoms with Gasteiger partial charge in [-0.2, -0.15) is 0 Å². The van der Waals surface area contributed by atoms with Crippen molar-refractivity contribution in [1.82, 2.24) is 15.5 Å². The molecule has 0 bridgehead atoms. The first-order valence-corrected chi connectivity index (χ1v) is 8.94. The van der Waals surface area contributed by atoms with Crippen LogP contribution in [-0.4, -0.2) is 54.1 Å². The van der Waals surface area contributed by atoms with Gasteiger partial charge in [-0.25, -0.2) is 4.79 Å². The molecule has 1 heterocycles. The minimum absolute atomic E-state index is 0.000624. The predicted molar refractivity (Wildman–Crippen MR) is 96.1 cm³/mol. The van der Waals surface area contributed by atoms with Gasteiger partial charge >= 0.3 is 6.09 Å². The number of rotatable bonds is 5. The van der Waals surface area contributed by atoms with Gasteiger partial charge in [0.05, 0.1) is 0 Å². The minimum Gasteiger partial charge on any atom is -0.444 e. The van der Waals surface area contributed by atoms with Crippen LogP contribution in [0.2, 0.25) is 0 Å². The van der Waals surface area contributed by atoms with Gasteiger partial charge in [0.2, 0.25) is 11.8 Å². The number of likely N-dealkylation sites (tertiary alicyclic amines) is 1. The summed E-state index contributed by atoms with van der Waals surface area (Å²) in [6, 6.07) is 0. The molecule has 0 radical (unpaired) electrons. The van der Waals surface area contributed by atoms with E-state index in [9.17, 15) is 14.4 Å². The summed E-state index contributed by atoms with van der Waals surface area (Å²) < 4.78 is 5.26. The molecule has 0 spiro atoms. The van der Waals surface area contributed by atoms with Crippen LogP contribution >= 0.6 is 0 Å². The lowest BCUT2D eigenvalue weighted by molar-refractivity contribution is -0.135. The van der Waals surface area contributed by atoms with Crippen molar-refractivity contribution >= 4 is 17.9 Å². The van der Waals surface area contributed by atoms with E-state index >= 15 is 0 Å². The van der Waals surface area contributed by atoms with Crippen molar-refractivity contribution in [1.29, 1.82) is 0 Å². The maximum absolute atomic E-state index is 12.4. The minimum atomic E-state index is -0.550. The monoisotopic (exact) mass is 355 g/mol. The predicted octanol–water partition coefficient (Wildman–Crippen LogP) is 2.05. The Morgan fingerprint density at radius 1 is 1.08 bits per heavy atom. The highest BCUT2D eigenvalue weighted by atomic mass is 16.6. The molecule has 3 amide bonds. The maximum Gasteiger partial charge on any atom is 0.408 e. The molecule has 0 aliphatic carbocycles. The van der Waals surface area contributed by atoms with Gasteiger partial charge in [0.25, 0.3) is 0 Å². The van der Waals surface area contributed by atoms with Crippen LogP contribution in [-0.2, 0) is 14.3 Å². The molecule has 144 valence electrons. The molecule has 0 aromatic rings. The van der Waals surface area contributed by atoms with Crippen LogP contribution in [0.3, 0.4) is 0 Å². The van der Waals surface area contributed by atoms with E-state index in [0.717, 1.165) is 0 Å². The fraction of sp³-hybridized carbons (Fsp3) is 0.833. The molecule has 0 saturated carbocycles. The van der Waals surface area contributed by atoms with Gasteiger partial charge in [-0.05, 0) is 53.9 Å². The lowest BCUT2D eigenvalue weighted by atomic mass is 9.94. The van der Waals surface area contributed by atoms with Gasteiger partial charge in [0.15, 0.2) is 0 Å². The zero-order valence-electron chi connectivity index (χ0n) is 16.4. The number of nitrogens with one attached hydrogen (secondary N) is 2. The molecule has 0 aromatic heterocycles. The molecular weight excluding hydrogens is 322 g/mol. The summed E-state index contributed by atoms with van der Waals surface area (Å²) in [6.07, 6.45) is 1.81. The average Bonchev–Trinajstić information content (AvgIpc) is 2.49. The van der Waals surface area contributed by atoms with E-state index in [0.29, 0.717) is 38.8 Å². The Hall–Kier alpha value is -1.79. The number of hydrogen-bond acceptors (Lipinski definition) is 4. The third-order valence-corrected chi connectivity index (χ3v) is 4.27. The Bertz CT molecular complexity index is 489. The summed E-state index contributed by atoms with van der Waals surface area (Å²) in [5.74, 6) is 0.114. The zero-order chi connectivity index (χ0) is 19.3. The highest BCUT2D eigenvalue weighted by Gasteiger charge is 2.29. The molecule has 0 aromatic carbocycles. The first-order valence-electron chi connectivity index (χ1n) is 8.94. The van der Waals surface area contributed by atoms with Crippen molar-refractivity contribution in [2.24, 2.45) is 5.92 Å². The van der Waals surface area contributed by atoms with Gasteiger partial charge in [0.1, 0.15) is 5.60 Å². The second-order valence-corrected chi connectivity index (χ2v) is 8.28. The molecule has 2 N–H and O–H groups in total. The highest BCUT2D eigenvalue weighted by molar-refractivity contribution is 5.80. The van der Waals surface area contributed by atoms with Gasteiger partial charge < -0.3 is 20.3 Å². The first kappa shape index (κ1) is 21.3. The van der Waals surface area contributed by atoms with Crippen LogP contribution in [0.1, 0.15) is 60.3 Å². The number of piperidine rings is 1. The third kappa shape index (κ3) is 7.75. The molecular formula is C18H33N3O4. The number of carbonyl (C=O) groups excluding carboxylic acids is 3. The number of carbonyl (C=O) groups is 3. The van der Waals surface area contributed by atoms with Gasteiger partial charge in [-0.15, -0.1) is 0 Å². The molecule has 0 unspecified atom stereocenters. The maximum atomic E-state index is 12.4. The van der Waals surface area contributed by atoms with Crippen LogP contribution in [0.15, 0.2) is 0 Å². The fourth-order valence-corrected chi connectivity index (χ4v) is 2.82. The summed E-state index contributed by atoms with van der Waals surface area (Å²) >= 11 is 0. The molecule has 1 saturated heterocycles. The zero-order valence-corrected chi connectivity index (χ0v) is 16.4. The summed E-state index contributed by atoms with van der Waals surface area (Å²) in [5.41, 5.74) is -1.08. The van der Waals surface area contributed by atoms with Crippen molar-refractivity contribution in [2.45, 2.75) is 71.4 Å². The van der Waals surface area contributed by atoms with Crippen molar-refractivity contribution in [3.8, 4) is 0 Å². The highest BCUT2D eigenvalue weighted by Crippen LogP contribution is 2.20. The quantitative estimate of drug-likeness (QED) is 0.790. The van der Waals surface area contributed by atoms with Gasteiger partial charge in [-0.3, -0.25) is 9.59 Å². The summed E-state index contributed by atoms with van der Waals surface area (Å²) in [5, 5.41) is 5.48. The van der Waals surface area contributed by atoms with E-state index in [1.165, 1.54) is 0 Å². The molecule has 1 aliphatic rings. The van der Waals surface area contributed by atoms with E-state index in [-0.39, 0.29) is 17.7 Å². The Balaban J connectivity index is 2.40. The summed E-state index contributed by atoms with van der Waals surface area (Å²) in [6.45, 7) is 10.4. The molecule has 0 atom stereocenters. The van der Waals surface area contributed by atoms with Gasteiger partial charge in [-0.1, -0.05) is 0 Å². The van der Waals surface area contributed by atoms with Crippen LogP contribution in [0.5, 0.6) is 0 Å². The number of amides is 3. The summed E-state index contributed by atoms with van der Waals surface area (Å²) in [7, 11) is 1.64. The largest absolute Gasteiger partial charge is 0.444 e. The number of alkyl carbamates (subject to hydrolysis) is 1. The summed E-state index contributed by atoms with van der Waals surface area (Å²) in [4.78, 5) is 37.7. The fourth-order valence-electron chi connectivity index (χ4n) is 2.82. The number of hydrogen-bond donors (Lipinski definition) is 2. The third-order valence-electron chi connectivity index (χ3n) is 4.27. The van der Waals surface area contributed by atoms with E-state index in [2.05, 4.69) is 10.6 Å². The molecule has 1 fully saturated rings. The van der Waals surface area contributed by atoms with Crippen molar-refractivity contribution in [2.75, 3.05) is 20.1 Å². The second kappa shape index (κ2) is 8.54. The smallest absolute Gasteiger partial charge is 0.408 e. The van der Waals surface area contributed by atoms with Crippen LogP contribution in [0, 0.1) is 5.92 Å². The van der Waals surface area contributed by atoms with E-state index in [1.807, 2.05) is 39.5 Å². The molecule has 7 nitrogen and oxygen atoms in total. The molecule has 7 heteroatoms. The topological polar surface area (TPSA) is 87.7 Å². The van der Waals surface area contributed by atoms with Gasteiger partial charge in [0, 0.05) is 38.0 Å². The Labute approximate surface area is 150 Å². The normalized spacial score (nSPS) is 16.3. The van der Waals surface area contributed by atoms with Crippen molar-refractivity contribution in [3.05, 3.63) is 0 Å². The van der Waals surface area contributed by atoms with Crippen LogP contribution in [0.25, 0.3) is 0 Å². The van der Waals surface area contributed by atoms with E-state index in [1.54, 1.807) is 7.05 Å². The first-order chi connectivity index (χ1) is 11.4. The van der Waals surface area contributed by atoms with Crippen LogP contribution in [0.4, 0.5) is 4.79 Å². The molecule has 1 aliphatic heterocycles. The molecule has 25 heavy (non-hydrogen) atoms. The second-order valence-electron chi connectivity index (χ2n) is 8.28. The standard InChI is InChI=1S/C18H33N3O4/c1-17(2,3)25-16(24)20-18(4,5)10-7-14(22)21-11-8-13(9-12-21)15(23)19-6/h13H,7-12H2,1-6H3,(H,19,23)(H,20,24). The Kier molecular flexibility index (Phi) is 7.26. The molecule has 1 rings (SSSR count). The van der Waals surface area contributed by atoms with E-state index in [4.69, 9.17) is 4.74 Å². The van der Waals surface area contributed by atoms with Crippen LogP contribution < -0.4 is 10.6 Å². The van der Waals surface area contributed by atoms with Crippen molar-refractivity contribution < 1.29 is 19.1 Å². The Morgan fingerprint density at radius 3 is 2.12 bits per heavy atom.